The lowest BCUT2D eigenvalue weighted by atomic mass is 10.1. The Balaban J connectivity index is 1.33. The van der Waals surface area contributed by atoms with Gasteiger partial charge in [0, 0.05) is 5.02 Å². The van der Waals surface area contributed by atoms with E-state index in [0.717, 1.165) is 16.0 Å². The molecule has 0 spiro atoms. The Morgan fingerprint density at radius 2 is 1.45 bits per heavy atom. The van der Waals surface area contributed by atoms with Gasteiger partial charge in [0.25, 0.3) is 11.8 Å². The minimum Gasteiger partial charge on any atom is -0.490 e. The van der Waals surface area contributed by atoms with Gasteiger partial charge in [0.1, 0.15) is 24.5 Å². The first-order chi connectivity index (χ1) is 20.4. The van der Waals surface area contributed by atoms with Crippen molar-refractivity contribution in [2.75, 3.05) is 11.5 Å². The Kier molecular flexibility index (Phi) is 8.84. The normalized spacial score (nSPS) is 14.1. The highest BCUT2D eigenvalue weighted by Gasteiger charge is 2.36. The Bertz CT molecular complexity index is 1620. The summed E-state index contributed by atoms with van der Waals surface area (Å²) in [5.74, 6) is -0.0165. The average Bonchev–Trinajstić information content (AvgIpc) is 3.00. The predicted octanol–water partition coefficient (Wildman–Crippen LogP) is 6.56. The number of benzene rings is 4. The minimum atomic E-state index is -0.832. The Morgan fingerprint density at radius 3 is 2.17 bits per heavy atom. The van der Waals surface area contributed by atoms with Crippen LogP contribution >= 0.6 is 11.6 Å². The third-order valence-corrected chi connectivity index (χ3v) is 6.58. The van der Waals surface area contributed by atoms with Gasteiger partial charge in [0.05, 0.1) is 12.3 Å². The zero-order valence-corrected chi connectivity index (χ0v) is 23.5. The fourth-order valence-corrected chi connectivity index (χ4v) is 4.36. The summed E-state index contributed by atoms with van der Waals surface area (Å²) >= 11 is 5.96. The summed E-state index contributed by atoms with van der Waals surface area (Å²) in [5.41, 5.74) is 2.56. The molecule has 1 aliphatic rings. The Labute approximate surface area is 248 Å². The highest BCUT2D eigenvalue weighted by Crippen LogP contribution is 2.31. The van der Waals surface area contributed by atoms with Crippen LogP contribution in [0.2, 0.25) is 5.02 Å². The van der Waals surface area contributed by atoms with E-state index in [1.165, 1.54) is 6.08 Å². The molecule has 4 aromatic rings. The number of amides is 4. The van der Waals surface area contributed by atoms with Crippen molar-refractivity contribution in [3.05, 3.63) is 124 Å². The maximum atomic E-state index is 13.4. The molecule has 4 amide bonds. The van der Waals surface area contributed by atoms with E-state index in [4.69, 9.17) is 25.8 Å². The monoisotopic (exact) mass is 582 g/mol. The van der Waals surface area contributed by atoms with Crippen LogP contribution < -0.4 is 24.4 Å². The molecule has 0 atom stereocenters. The largest absolute Gasteiger partial charge is 0.490 e. The van der Waals surface area contributed by atoms with E-state index in [-0.39, 0.29) is 5.57 Å². The van der Waals surface area contributed by atoms with Crippen molar-refractivity contribution >= 4 is 41.2 Å². The first-order valence-corrected chi connectivity index (χ1v) is 13.6. The summed E-state index contributed by atoms with van der Waals surface area (Å²) in [6.07, 6.45) is 1.42. The summed E-state index contributed by atoms with van der Waals surface area (Å²) in [7, 11) is 0. The molecule has 212 valence electrons. The maximum absolute atomic E-state index is 13.4. The van der Waals surface area contributed by atoms with E-state index >= 15 is 0 Å². The van der Waals surface area contributed by atoms with Gasteiger partial charge in [-0.2, -0.15) is 0 Å². The van der Waals surface area contributed by atoms with Crippen LogP contribution in [0.4, 0.5) is 10.5 Å². The molecule has 1 heterocycles. The van der Waals surface area contributed by atoms with Crippen LogP contribution in [0.15, 0.2) is 103 Å². The molecule has 0 unspecified atom stereocenters. The number of ether oxygens (including phenoxy) is 3. The number of anilines is 1. The maximum Gasteiger partial charge on any atom is 0.335 e. The van der Waals surface area contributed by atoms with Crippen molar-refractivity contribution in [1.29, 1.82) is 0 Å². The van der Waals surface area contributed by atoms with Gasteiger partial charge >= 0.3 is 6.03 Å². The predicted molar refractivity (Wildman–Crippen MR) is 160 cm³/mol. The molecule has 1 fully saturated rings. The fourth-order valence-electron chi connectivity index (χ4n) is 4.23. The van der Waals surface area contributed by atoms with Crippen LogP contribution in [0.25, 0.3) is 6.08 Å². The molecule has 0 aromatic heterocycles. The second-order valence-corrected chi connectivity index (χ2v) is 9.72. The van der Waals surface area contributed by atoms with Crippen molar-refractivity contribution < 1.29 is 28.6 Å². The molecule has 0 saturated carbocycles. The lowest BCUT2D eigenvalue weighted by Gasteiger charge is -2.26. The van der Waals surface area contributed by atoms with Gasteiger partial charge in [-0.25, -0.2) is 9.69 Å². The number of hydrogen-bond acceptors (Lipinski definition) is 6. The van der Waals surface area contributed by atoms with Crippen LogP contribution in [0.3, 0.4) is 0 Å². The molecule has 1 N–H and O–H groups in total. The fraction of sp³-hybridized carbons (Fsp3) is 0.121. The molecule has 9 heteroatoms. The van der Waals surface area contributed by atoms with Gasteiger partial charge < -0.3 is 14.2 Å². The Morgan fingerprint density at radius 1 is 0.762 bits per heavy atom. The quantitative estimate of drug-likeness (QED) is 0.168. The van der Waals surface area contributed by atoms with Crippen molar-refractivity contribution in [2.45, 2.75) is 20.1 Å². The third kappa shape index (κ3) is 6.79. The van der Waals surface area contributed by atoms with Crippen LogP contribution in [-0.4, -0.2) is 24.5 Å². The number of urea groups is 1. The number of carbonyl (C=O) groups excluding carboxylic acids is 3. The molecular formula is C33H27ClN2O6. The van der Waals surface area contributed by atoms with Crippen molar-refractivity contribution in [1.82, 2.24) is 5.32 Å². The summed E-state index contributed by atoms with van der Waals surface area (Å²) in [6, 6.07) is 27.7. The summed E-state index contributed by atoms with van der Waals surface area (Å²) in [5, 5.41) is 2.88. The molecule has 5 rings (SSSR count). The number of imide groups is 2. The van der Waals surface area contributed by atoms with E-state index in [1.807, 2.05) is 49.4 Å². The molecular weight excluding hydrogens is 556 g/mol. The van der Waals surface area contributed by atoms with Crippen molar-refractivity contribution in [2.24, 2.45) is 0 Å². The number of barbiturate groups is 1. The molecule has 1 saturated heterocycles. The van der Waals surface area contributed by atoms with Gasteiger partial charge in [0.15, 0.2) is 11.5 Å². The number of rotatable bonds is 10. The molecule has 42 heavy (non-hydrogen) atoms. The molecule has 0 bridgehead atoms. The lowest BCUT2D eigenvalue weighted by Crippen LogP contribution is -2.54. The number of nitrogens with zero attached hydrogens (tertiary/aromatic N) is 1. The van der Waals surface area contributed by atoms with Crippen LogP contribution in [0, 0.1) is 0 Å². The SMILES string of the molecule is CCOc1cc(/C=C2\C(=O)NC(=O)N(c3ccc(OCc4ccccc4)cc3)C2=O)ccc1OCc1ccc(Cl)cc1. The van der Waals surface area contributed by atoms with Crippen LogP contribution in [-0.2, 0) is 22.8 Å². The summed E-state index contributed by atoms with van der Waals surface area (Å²) < 4.78 is 17.5. The van der Waals surface area contributed by atoms with Gasteiger partial charge in [-0.3, -0.25) is 14.9 Å². The lowest BCUT2D eigenvalue weighted by molar-refractivity contribution is -0.122. The topological polar surface area (TPSA) is 94.2 Å². The highest BCUT2D eigenvalue weighted by molar-refractivity contribution is 6.39. The van der Waals surface area contributed by atoms with E-state index in [2.05, 4.69) is 5.32 Å². The van der Waals surface area contributed by atoms with E-state index < -0.39 is 17.8 Å². The molecule has 8 nitrogen and oxygen atoms in total. The van der Waals surface area contributed by atoms with E-state index in [0.29, 0.717) is 53.3 Å². The second-order valence-electron chi connectivity index (χ2n) is 9.28. The zero-order chi connectivity index (χ0) is 29.5. The van der Waals surface area contributed by atoms with Crippen molar-refractivity contribution in [3.63, 3.8) is 0 Å². The molecule has 1 aliphatic heterocycles. The zero-order valence-electron chi connectivity index (χ0n) is 22.7. The summed E-state index contributed by atoms with van der Waals surface area (Å²) in [4.78, 5) is 39.7. The van der Waals surface area contributed by atoms with Gasteiger partial charge in [-0.05, 0) is 78.2 Å². The number of nitrogens with one attached hydrogen (secondary N) is 1. The smallest absolute Gasteiger partial charge is 0.335 e. The number of carbonyl (C=O) groups is 3. The molecule has 0 radical (unpaired) electrons. The van der Waals surface area contributed by atoms with E-state index in [1.54, 1.807) is 54.6 Å². The molecule has 4 aromatic carbocycles. The first kappa shape index (κ1) is 28.4. The molecule has 0 aliphatic carbocycles. The van der Waals surface area contributed by atoms with Crippen molar-refractivity contribution in [3.8, 4) is 17.2 Å². The van der Waals surface area contributed by atoms with Gasteiger partial charge in [-0.15, -0.1) is 0 Å². The second kappa shape index (κ2) is 13.1. The summed E-state index contributed by atoms with van der Waals surface area (Å²) in [6.45, 7) is 2.89. The van der Waals surface area contributed by atoms with Gasteiger partial charge in [-0.1, -0.05) is 60.1 Å². The highest BCUT2D eigenvalue weighted by atomic mass is 35.5. The minimum absolute atomic E-state index is 0.198. The number of halogens is 1. The third-order valence-electron chi connectivity index (χ3n) is 6.33. The van der Waals surface area contributed by atoms with Crippen LogP contribution in [0.5, 0.6) is 17.2 Å². The average molecular weight is 583 g/mol. The Hall–Kier alpha value is -5.08. The van der Waals surface area contributed by atoms with Crippen LogP contribution in [0.1, 0.15) is 23.6 Å². The standard InChI is InChI=1S/C33H27ClN2O6/c1-2-40-30-19-24(10-17-29(30)42-21-23-8-11-25(34)12-9-23)18-28-31(37)35-33(39)36(32(28)38)26-13-15-27(16-14-26)41-20-22-6-4-3-5-7-22/h3-19H,2,20-21H2,1H3,(H,35,37,39)/b28-18+. The number of hydrogen-bond donors (Lipinski definition) is 1. The first-order valence-electron chi connectivity index (χ1n) is 13.2. The van der Waals surface area contributed by atoms with E-state index in [9.17, 15) is 14.4 Å². The van der Waals surface area contributed by atoms with Gasteiger partial charge in [0.2, 0.25) is 0 Å².